The van der Waals surface area contributed by atoms with Crippen molar-refractivity contribution in [2.75, 3.05) is 0 Å². The maximum atomic E-state index is 6.78. The molecule has 7 aromatic rings. The van der Waals surface area contributed by atoms with Crippen LogP contribution in [0.15, 0.2) is 104 Å². The van der Waals surface area contributed by atoms with E-state index in [0.717, 1.165) is 45.0 Å². The number of rotatable bonds is 7. The summed E-state index contributed by atoms with van der Waals surface area (Å²) in [6, 6.07) is 30.4. The largest absolute Gasteiger partial charge is 0.457 e. The van der Waals surface area contributed by atoms with Gasteiger partial charge in [0.05, 0.1) is 22.9 Å². The topological polar surface area (TPSA) is 44.9 Å². The van der Waals surface area contributed by atoms with Gasteiger partial charge in [-0.3, -0.25) is 4.57 Å². The van der Waals surface area contributed by atoms with Gasteiger partial charge in [0.25, 0.3) is 0 Å². The molecule has 7 rings (SSSR count). The lowest BCUT2D eigenvalue weighted by molar-refractivity contribution is 0.478. The highest BCUT2D eigenvalue weighted by atomic mass is 16.5. The summed E-state index contributed by atoms with van der Waals surface area (Å²) in [6.07, 6.45) is 6.11. The van der Waals surface area contributed by atoms with E-state index in [1.165, 1.54) is 38.8 Å². The van der Waals surface area contributed by atoms with Crippen molar-refractivity contribution in [1.29, 1.82) is 0 Å². The first-order valence-electron chi connectivity index (χ1n) is 18.6. The zero-order valence-corrected chi connectivity index (χ0v) is 32.7. The molecule has 0 saturated heterocycles. The van der Waals surface area contributed by atoms with Gasteiger partial charge in [-0.05, 0) is 99.9 Å². The van der Waals surface area contributed by atoms with Gasteiger partial charge in [0, 0.05) is 40.9 Å². The lowest BCUT2D eigenvalue weighted by Crippen LogP contribution is -2.12. The summed E-state index contributed by atoms with van der Waals surface area (Å²) in [6.45, 7) is 24.7. The van der Waals surface area contributed by atoms with E-state index in [1.54, 1.807) is 0 Å². The summed E-state index contributed by atoms with van der Waals surface area (Å²) in [7, 11) is 0. The number of fused-ring (bicyclic) bond motifs is 3. The summed E-state index contributed by atoms with van der Waals surface area (Å²) in [5.41, 5.74) is 11.9. The van der Waals surface area contributed by atoms with Gasteiger partial charge in [0.2, 0.25) is 0 Å². The number of aromatic nitrogens is 4. The van der Waals surface area contributed by atoms with Gasteiger partial charge in [-0.25, -0.2) is 9.67 Å². The average molecular weight is 689 g/mol. The van der Waals surface area contributed by atoms with Gasteiger partial charge in [0.1, 0.15) is 17.3 Å². The minimum Gasteiger partial charge on any atom is -0.457 e. The van der Waals surface area contributed by atoms with Crippen LogP contribution in [0.1, 0.15) is 109 Å². The Morgan fingerprint density at radius 3 is 2.00 bits per heavy atom. The van der Waals surface area contributed by atoms with E-state index in [1.807, 2.05) is 17.1 Å². The van der Waals surface area contributed by atoms with Gasteiger partial charge in [0.15, 0.2) is 0 Å². The van der Waals surface area contributed by atoms with Crippen LogP contribution in [0.25, 0.3) is 44.4 Å². The molecule has 0 aliphatic carbocycles. The Morgan fingerprint density at radius 1 is 0.654 bits per heavy atom. The van der Waals surface area contributed by atoms with Crippen molar-refractivity contribution < 1.29 is 4.74 Å². The minimum absolute atomic E-state index is 0.00338. The summed E-state index contributed by atoms with van der Waals surface area (Å²) in [5.74, 6) is 3.24. The molecule has 0 spiro atoms. The van der Waals surface area contributed by atoms with Crippen LogP contribution in [0.5, 0.6) is 11.5 Å². The van der Waals surface area contributed by atoms with Crippen molar-refractivity contribution in [1.82, 2.24) is 19.3 Å². The Labute approximate surface area is 309 Å². The first-order valence-corrected chi connectivity index (χ1v) is 18.6. The van der Waals surface area contributed by atoms with E-state index in [-0.39, 0.29) is 10.8 Å². The van der Waals surface area contributed by atoms with Crippen LogP contribution in [0.3, 0.4) is 0 Å². The lowest BCUT2D eigenvalue weighted by Gasteiger charge is -2.22. The third-order valence-corrected chi connectivity index (χ3v) is 10.2. The fourth-order valence-electron chi connectivity index (χ4n) is 7.29. The van der Waals surface area contributed by atoms with E-state index in [0.29, 0.717) is 11.8 Å². The molecule has 0 bridgehead atoms. The molecule has 0 atom stereocenters. The molecular formula is C47H52N4O. The summed E-state index contributed by atoms with van der Waals surface area (Å²) < 4.78 is 11.0. The molecule has 4 aromatic carbocycles. The van der Waals surface area contributed by atoms with E-state index in [9.17, 15) is 0 Å². The first-order chi connectivity index (χ1) is 24.6. The van der Waals surface area contributed by atoms with Crippen LogP contribution in [-0.4, -0.2) is 19.3 Å². The second-order valence-corrected chi connectivity index (χ2v) is 17.1. The molecule has 0 saturated carbocycles. The molecule has 0 amide bonds. The highest BCUT2D eigenvalue weighted by Gasteiger charge is 2.22. The molecule has 0 fully saturated rings. The third kappa shape index (κ3) is 6.65. The fourth-order valence-corrected chi connectivity index (χ4v) is 7.29. The molecule has 5 heteroatoms. The van der Waals surface area contributed by atoms with Crippen molar-refractivity contribution in [3.05, 3.63) is 131 Å². The number of para-hydroxylation sites is 1. The number of benzene rings is 4. The van der Waals surface area contributed by atoms with Crippen LogP contribution in [0, 0.1) is 6.92 Å². The number of hydrogen-bond acceptors (Lipinski definition) is 3. The van der Waals surface area contributed by atoms with Gasteiger partial charge in [-0.15, -0.1) is 0 Å². The fraction of sp³-hybridized carbons (Fsp3) is 0.319. The SMILES string of the molecule is Cc1cc(C(C)C)c(-c2cnn(-c3cc(Oc4ccc5c6ccccc6n(-c6cc(C(C)(C)C)ccn6)c5c4)cc(C(C)(C)C)c3)c2)c(C(C)C)c1. The van der Waals surface area contributed by atoms with E-state index in [4.69, 9.17) is 14.8 Å². The molecular weight excluding hydrogens is 637 g/mol. The average Bonchev–Trinajstić information content (AvgIpc) is 3.70. The highest BCUT2D eigenvalue weighted by Crippen LogP contribution is 2.40. The predicted octanol–water partition coefficient (Wildman–Crippen LogP) is 13.0. The monoisotopic (exact) mass is 688 g/mol. The molecule has 3 heterocycles. The zero-order valence-electron chi connectivity index (χ0n) is 32.7. The summed E-state index contributed by atoms with van der Waals surface area (Å²) in [5, 5.41) is 7.29. The Balaban J connectivity index is 1.33. The second-order valence-electron chi connectivity index (χ2n) is 17.1. The smallest absolute Gasteiger partial charge is 0.137 e. The van der Waals surface area contributed by atoms with Crippen molar-refractivity contribution >= 4 is 21.8 Å². The quantitative estimate of drug-likeness (QED) is 0.167. The van der Waals surface area contributed by atoms with Crippen LogP contribution >= 0.6 is 0 Å². The summed E-state index contributed by atoms with van der Waals surface area (Å²) >= 11 is 0. The molecule has 0 aliphatic rings. The van der Waals surface area contributed by atoms with E-state index < -0.39 is 0 Å². The zero-order chi connectivity index (χ0) is 37.1. The molecule has 52 heavy (non-hydrogen) atoms. The van der Waals surface area contributed by atoms with Gasteiger partial charge in [-0.2, -0.15) is 5.10 Å². The van der Waals surface area contributed by atoms with E-state index >= 15 is 0 Å². The minimum atomic E-state index is -0.100. The Morgan fingerprint density at radius 2 is 1.33 bits per heavy atom. The Bertz CT molecular complexity index is 2400. The normalized spacial score (nSPS) is 12.5. The van der Waals surface area contributed by atoms with Crippen molar-refractivity contribution in [2.24, 2.45) is 0 Å². The lowest BCUT2D eigenvalue weighted by atomic mass is 9.84. The van der Waals surface area contributed by atoms with Gasteiger partial charge < -0.3 is 4.74 Å². The van der Waals surface area contributed by atoms with Gasteiger partial charge in [-0.1, -0.05) is 105 Å². The first kappa shape index (κ1) is 35.3. The number of ether oxygens (including phenoxy) is 1. The third-order valence-electron chi connectivity index (χ3n) is 10.2. The van der Waals surface area contributed by atoms with Crippen LogP contribution in [0.4, 0.5) is 0 Å². The summed E-state index contributed by atoms with van der Waals surface area (Å²) in [4.78, 5) is 4.86. The second kappa shape index (κ2) is 13.1. The Hall–Kier alpha value is -5.16. The van der Waals surface area contributed by atoms with E-state index in [2.05, 4.69) is 172 Å². The van der Waals surface area contributed by atoms with Crippen LogP contribution in [-0.2, 0) is 10.8 Å². The van der Waals surface area contributed by atoms with Crippen molar-refractivity contribution in [3.8, 4) is 34.1 Å². The molecule has 0 aliphatic heterocycles. The molecule has 0 unspecified atom stereocenters. The maximum absolute atomic E-state index is 6.78. The number of pyridine rings is 1. The number of nitrogens with zero attached hydrogens (tertiary/aromatic N) is 4. The highest BCUT2D eigenvalue weighted by molar-refractivity contribution is 6.09. The molecule has 5 nitrogen and oxygen atoms in total. The van der Waals surface area contributed by atoms with Crippen molar-refractivity contribution in [2.45, 2.75) is 98.8 Å². The van der Waals surface area contributed by atoms with Crippen molar-refractivity contribution in [3.63, 3.8) is 0 Å². The molecule has 0 radical (unpaired) electrons. The molecule has 0 N–H and O–H groups in total. The van der Waals surface area contributed by atoms with Crippen LogP contribution < -0.4 is 4.74 Å². The van der Waals surface area contributed by atoms with Gasteiger partial charge >= 0.3 is 0 Å². The molecule has 3 aromatic heterocycles. The number of aryl methyl sites for hydroxylation is 1. The van der Waals surface area contributed by atoms with Crippen LogP contribution in [0.2, 0.25) is 0 Å². The number of hydrogen-bond donors (Lipinski definition) is 0. The molecule has 266 valence electrons. The Kier molecular flexibility index (Phi) is 8.89. The standard InChI is InChI=1S/C47H52N4O/c1-29(2)40-20-31(5)21-41(30(3)4)45(40)32-27-49-50(28-32)35-22-34(47(9,10)11)23-37(25-35)52-36-16-17-39-38-14-12-13-15-42(38)51(43(39)26-36)44-24-33(18-19-48-44)46(6,7)8/h12-30H,1-11H3. The maximum Gasteiger partial charge on any atom is 0.137 e. The predicted molar refractivity (Wildman–Crippen MR) is 218 cm³/mol.